The van der Waals surface area contributed by atoms with Crippen molar-refractivity contribution >= 4 is 0 Å². The average molecular weight is 423 g/mol. The standard InChI is InChI=1S/C28H30N4/c29-21-22-31-32-28(25-17-9-3-10-18-25,26-19-11-4-12-20-26)27(30,23-13-5-1-6-14-23)24-15-7-2-8-16-24/h1-20,31-32H,21-22,29-30H2. The molecule has 4 aromatic carbocycles. The van der Waals surface area contributed by atoms with Gasteiger partial charge in [0.25, 0.3) is 0 Å². The fourth-order valence-electron chi connectivity index (χ4n) is 4.51. The lowest BCUT2D eigenvalue weighted by Crippen LogP contribution is -2.67. The van der Waals surface area contributed by atoms with E-state index in [2.05, 4.69) is 59.4 Å². The van der Waals surface area contributed by atoms with Crippen LogP contribution in [0.25, 0.3) is 0 Å². The molecular weight excluding hydrogens is 392 g/mol. The van der Waals surface area contributed by atoms with Gasteiger partial charge >= 0.3 is 0 Å². The Hall–Kier alpha value is -3.28. The van der Waals surface area contributed by atoms with Crippen molar-refractivity contribution in [3.63, 3.8) is 0 Å². The first-order valence-electron chi connectivity index (χ1n) is 10.9. The second kappa shape index (κ2) is 9.90. The Bertz CT molecular complexity index is 1000. The van der Waals surface area contributed by atoms with Crippen molar-refractivity contribution in [1.29, 1.82) is 0 Å². The van der Waals surface area contributed by atoms with Gasteiger partial charge in [-0.15, -0.1) is 0 Å². The Morgan fingerprint density at radius 2 is 0.875 bits per heavy atom. The number of hydrogen-bond acceptors (Lipinski definition) is 4. The molecule has 0 fully saturated rings. The summed E-state index contributed by atoms with van der Waals surface area (Å²) in [5.41, 5.74) is 22.8. The van der Waals surface area contributed by atoms with Gasteiger partial charge in [-0.2, -0.15) is 0 Å². The van der Waals surface area contributed by atoms with Gasteiger partial charge in [0, 0.05) is 13.1 Å². The summed E-state index contributed by atoms with van der Waals surface area (Å²) in [5, 5.41) is 0. The smallest absolute Gasteiger partial charge is 0.108 e. The fourth-order valence-corrected chi connectivity index (χ4v) is 4.51. The van der Waals surface area contributed by atoms with Crippen LogP contribution in [0.2, 0.25) is 0 Å². The van der Waals surface area contributed by atoms with Crippen LogP contribution in [-0.4, -0.2) is 13.1 Å². The van der Waals surface area contributed by atoms with Gasteiger partial charge in [-0.05, 0) is 22.3 Å². The van der Waals surface area contributed by atoms with Crippen molar-refractivity contribution < 1.29 is 0 Å². The maximum atomic E-state index is 7.63. The first-order chi connectivity index (χ1) is 15.7. The lowest BCUT2D eigenvalue weighted by Gasteiger charge is -2.50. The van der Waals surface area contributed by atoms with Gasteiger partial charge < -0.3 is 11.5 Å². The number of nitrogens with two attached hydrogens (primary N) is 2. The Balaban J connectivity index is 2.10. The van der Waals surface area contributed by atoms with Gasteiger partial charge in [0.1, 0.15) is 5.54 Å². The minimum Gasteiger partial charge on any atom is -0.329 e. The van der Waals surface area contributed by atoms with Crippen LogP contribution in [0.15, 0.2) is 121 Å². The highest BCUT2D eigenvalue weighted by molar-refractivity contribution is 5.53. The Morgan fingerprint density at radius 1 is 0.531 bits per heavy atom. The van der Waals surface area contributed by atoms with Crippen molar-refractivity contribution in [1.82, 2.24) is 10.9 Å². The largest absolute Gasteiger partial charge is 0.329 e. The molecule has 4 rings (SSSR count). The van der Waals surface area contributed by atoms with Gasteiger partial charge in [0.2, 0.25) is 0 Å². The molecule has 0 atom stereocenters. The van der Waals surface area contributed by atoms with Gasteiger partial charge in [-0.3, -0.25) is 5.43 Å². The third kappa shape index (κ3) is 3.85. The second-order valence-electron chi connectivity index (χ2n) is 7.86. The van der Waals surface area contributed by atoms with Crippen LogP contribution >= 0.6 is 0 Å². The summed E-state index contributed by atoms with van der Waals surface area (Å²) in [6, 6.07) is 41.3. The molecule has 0 heterocycles. The summed E-state index contributed by atoms with van der Waals surface area (Å²) in [7, 11) is 0. The van der Waals surface area contributed by atoms with E-state index in [0.29, 0.717) is 13.1 Å². The van der Waals surface area contributed by atoms with E-state index in [1.807, 2.05) is 72.8 Å². The highest BCUT2D eigenvalue weighted by Crippen LogP contribution is 2.47. The zero-order valence-corrected chi connectivity index (χ0v) is 18.1. The van der Waals surface area contributed by atoms with Crippen LogP contribution in [0.3, 0.4) is 0 Å². The molecule has 0 spiro atoms. The molecule has 0 saturated heterocycles. The third-order valence-electron chi connectivity index (χ3n) is 6.01. The number of hydrogen-bond donors (Lipinski definition) is 4. The van der Waals surface area contributed by atoms with E-state index in [1.165, 1.54) is 0 Å². The Kier molecular flexibility index (Phi) is 6.78. The first-order valence-corrected chi connectivity index (χ1v) is 10.9. The summed E-state index contributed by atoms with van der Waals surface area (Å²) >= 11 is 0. The quantitative estimate of drug-likeness (QED) is 0.244. The maximum Gasteiger partial charge on any atom is 0.108 e. The summed E-state index contributed by atoms with van der Waals surface area (Å²) in [5.74, 6) is 0. The summed E-state index contributed by atoms with van der Waals surface area (Å²) in [6.07, 6.45) is 0. The maximum absolute atomic E-state index is 7.63. The highest BCUT2D eigenvalue weighted by Gasteiger charge is 2.53. The molecule has 6 N–H and O–H groups in total. The van der Waals surface area contributed by atoms with E-state index in [1.54, 1.807) is 0 Å². The van der Waals surface area contributed by atoms with E-state index in [9.17, 15) is 0 Å². The van der Waals surface area contributed by atoms with Crippen molar-refractivity contribution in [3.8, 4) is 0 Å². The Labute approximate surface area is 190 Å². The molecule has 162 valence electrons. The van der Waals surface area contributed by atoms with Crippen LogP contribution < -0.4 is 22.3 Å². The molecule has 0 radical (unpaired) electrons. The van der Waals surface area contributed by atoms with Crippen LogP contribution in [0, 0.1) is 0 Å². The minimum atomic E-state index is -0.959. The fraction of sp³-hybridized carbons (Fsp3) is 0.143. The predicted octanol–water partition coefficient (Wildman–Crippen LogP) is 3.89. The Morgan fingerprint density at radius 3 is 1.22 bits per heavy atom. The van der Waals surface area contributed by atoms with E-state index in [0.717, 1.165) is 22.3 Å². The SMILES string of the molecule is NCCNNC(c1ccccc1)(c1ccccc1)C(N)(c1ccccc1)c1ccccc1. The zero-order valence-electron chi connectivity index (χ0n) is 18.1. The van der Waals surface area contributed by atoms with E-state index in [-0.39, 0.29) is 0 Å². The molecule has 0 unspecified atom stereocenters. The third-order valence-corrected chi connectivity index (χ3v) is 6.01. The van der Waals surface area contributed by atoms with E-state index in [4.69, 9.17) is 11.5 Å². The molecule has 0 bridgehead atoms. The van der Waals surface area contributed by atoms with E-state index >= 15 is 0 Å². The molecule has 0 amide bonds. The van der Waals surface area contributed by atoms with Crippen molar-refractivity contribution in [2.75, 3.05) is 13.1 Å². The molecule has 0 aliphatic carbocycles. The van der Waals surface area contributed by atoms with Gasteiger partial charge in [-0.25, -0.2) is 5.43 Å². The summed E-state index contributed by atoms with van der Waals surface area (Å²) < 4.78 is 0. The highest BCUT2D eigenvalue weighted by atomic mass is 15.4. The normalized spacial score (nSPS) is 11.9. The number of nitrogens with one attached hydrogen (secondary N) is 2. The molecule has 0 aliphatic heterocycles. The summed E-state index contributed by atoms with van der Waals surface area (Å²) in [4.78, 5) is 0. The zero-order chi connectivity index (χ0) is 22.3. The van der Waals surface area contributed by atoms with Crippen molar-refractivity contribution in [2.45, 2.75) is 11.1 Å². The molecule has 32 heavy (non-hydrogen) atoms. The first kappa shape index (κ1) is 21.9. The topological polar surface area (TPSA) is 76.1 Å². The molecule has 4 heteroatoms. The van der Waals surface area contributed by atoms with Crippen LogP contribution in [0.5, 0.6) is 0 Å². The van der Waals surface area contributed by atoms with Crippen LogP contribution in [-0.2, 0) is 11.1 Å². The van der Waals surface area contributed by atoms with E-state index < -0.39 is 11.1 Å². The number of rotatable bonds is 9. The minimum absolute atomic E-state index is 0.501. The molecule has 4 aromatic rings. The lowest BCUT2D eigenvalue weighted by molar-refractivity contribution is 0.221. The van der Waals surface area contributed by atoms with Gasteiger partial charge in [0.05, 0.1) is 5.54 Å². The number of benzene rings is 4. The molecular formula is C28H30N4. The number of hydrazine groups is 1. The summed E-state index contributed by atoms with van der Waals surface area (Å²) in [6.45, 7) is 1.10. The molecule has 0 saturated carbocycles. The van der Waals surface area contributed by atoms with Gasteiger partial charge in [-0.1, -0.05) is 121 Å². The molecule has 4 nitrogen and oxygen atoms in total. The van der Waals surface area contributed by atoms with Gasteiger partial charge in [0.15, 0.2) is 0 Å². The van der Waals surface area contributed by atoms with Crippen LogP contribution in [0.4, 0.5) is 0 Å². The lowest BCUT2D eigenvalue weighted by atomic mass is 9.62. The molecule has 0 aliphatic rings. The second-order valence-corrected chi connectivity index (χ2v) is 7.86. The monoisotopic (exact) mass is 422 g/mol. The van der Waals surface area contributed by atoms with Crippen LogP contribution in [0.1, 0.15) is 22.3 Å². The average Bonchev–Trinajstić information content (AvgIpc) is 2.88. The van der Waals surface area contributed by atoms with Crippen molar-refractivity contribution in [2.24, 2.45) is 11.5 Å². The predicted molar refractivity (Wildman–Crippen MR) is 132 cm³/mol. The van der Waals surface area contributed by atoms with Crippen molar-refractivity contribution in [3.05, 3.63) is 144 Å². The molecule has 0 aromatic heterocycles.